The largest absolute Gasteiger partial charge is 0.366 e. The van der Waals surface area contributed by atoms with E-state index in [1.54, 1.807) is 6.07 Å². The molecule has 1 aliphatic rings. The lowest BCUT2D eigenvalue weighted by Gasteiger charge is -2.30. The van der Waals surface area contributed by atoms with E-state index in [1.165, 1.54) is 12.8 Å². The second-order valence-electron chi connectivity index (χ2n) is 5.91. The molecule has 1 aliphatic carbocycles. The number of nitrogens with zero attached hydrogens (tertiary/aromatic N) is 1. The molecule has 2 rings (SSSR count). The molecule has 1 atom stereocenters. The van der Waals surface area contributed by atoms with Crippen LogP contribution in [0.5, 0.6) is 0 Å². The monoisotopic (exact) mass is 264 g/mol. The summed E-state index contributed by atoms with van der Waals surface area (Å²) in [6, 6.07) is 6.14. The first kappa shape index (κ1) is 14.3. The molecular weight excluding hydrogens is 239 g/mol. The smallest absolute Gasteiger partial charge is 0.146 e. The molecule has 1 aromatic rings. The third-order valence-corrected chi connectivity index (χ3v) is 3.99. The van der Waals surface area contributed by atoms with Gasteiger partial charge in [0.05, 0.1) is 5.69 Å². The van der Waals surface area contributed by atoms with E-state index in [0.29, 0.717) is 6.04 Å². The maximum absolute atomic E-state index is 14.4. The third-order valence-electron chi connectivity index (χ3n) is 3.99. The van der Waals surface area contributed by atoms with Gasteiger partial charge in [0.2, 0.25) is 0 Å². The van der Waals surface area contributed by atoms with Gasteiger partial charge >= 0.3 is 0 Å². The molecule has 1 aromatic carbocycles. The van der Waals surface area contributed by atoms with Crippen molar-refractivity contribution < 1.29 is 4.39 Å². The van der Waals surface area contributed by atoms with Gasteiger partial charge in [-0.3, -0.25) is 0 Å². The fraction of sp³-hybridized carbons (Fsp3) is 0.625. The van der Waals surface area contributed by atoms with Crippen molar-refractivity contribution in [1.82, 2.24) is 5.32 Å². The average Bonchev–Trinajstić information content (AvgIpc) is 3.19. The van der Waals surface area contributed by atoms with Crippen molar-refractivity contribution in [3.8, 4) is 0 Å². The van der Waals surface area contributed by atoms with E-state index in [0.717, 1.165) is 23.7 Å². The summed E-state index contributed by atoms with van der Waals surface area (Å²) in [5.74, 6) is 0.659. The summed E-state index contributed by atoms with van der Waals surface area (Å²) >= 11 is 0. The molecule has 2 nitrogen and oxygen atoms in total. The van der Waals surface area contributed by atoms with Crippen LogP contribution in [0, 0.1) is 11.7 Å². The molecule has 0 saturated heterocycles. The zero-order valence-corrected chi connectivity index (χ0v) is 12.4. The quantitative estimate of drug-likeness (QED) is 0.842. The predicted molar refractivity (Wildman–Crippen MR) is 79.1 cm³/mol. The molecule has 0 aromatic heterocycles. The molecule has 0 spiro atoms. The third kappa shape index (κ3) is 3.47. The minimum atomic E-state index is -0.103. The zero-order chi connectivity index (χ0) is 14.0. The summed E-state index contributed by atoms with van der Waals surface area (Å²) in [5.41, 5.74) is 1.74. The van der Waals surface area contributed by atoms with Gasteiger partial charge in [0.1, 0.15) is 5.82 Å². The lowest BCUT2D eigenvalue weighted by Crippen LogP contribution is -2.33. The van der Waals surface area contributed by atoms with Gasteiger partial charge in [0.15, 0.2) is 0 Å². The van der Waals surface area contributed by atoms with Crippen LogP contribution in [-0.4, -0.2) is 19.6 Å². The second kappa shape index (κ2) is 5.91. The molecule has 19 heavy (non-hydrogen) atoms. The van der Waals surface area contributed by atoms with E-state index in [4.69, 9.17) is 0 Å². The molecule has 0 amide bonds. The Morgan fingerprint density at radius 1 is 1.32 bits per heavy atom. The SMILES string of the molecule is CNC(C)c1ccc(N(CC2CC2)C(C)C)c(F)c1. The first-order valence-electron chi connectivity index (χ1n) is 7.26. The first-order chi connectivity index (χ1) is 9.02. The van der Waals surface area contributed by atoms with E-state index in [2.05, 4.69) is 24.1 Å². The van der Waals surface area contributed by atoms with Crippen LogP contribution in [0.2, 0.25) is 0 Å². The number of nitrogens with one attached hydrogen (secondary N) is 1. The molecule has 1 N–H and O–H groups in total. The standard InChI is InChI=1S/C16H25FN2/c1-11(2)19(10-13-5-6-13)16-8-7-14(9-15(16)17)12(3)18-4/h7-9,11-13,18H,5-6,10H2,1-4H3. The van der Waals surface area contributed by atoms with E-state index < -0.39 is 0 Å². The minimum absolute atomic E-state index is 0.103. The Labute approximate surface area is 116 Å². The van der Waals surface area contributed by atoms with E-state index >= 15 is 0 Å². The van der Waals surface area contributed by atoms with Crippen LogP contribution in [0.15, 0.2) is 18.2 Å². The molecular formula is C16H25FN2. The van der Waals surface area contributed by atoms with Gasteiger partial charge in [-0.2, -0.15) is 0 Å². The highest BCUT2D eigenvalue weighted by Gasteiger charge is 2.27. The van der Waals surface area contributed by atoms with Gasteiger partial charge in [-0.25, -0.2) is 4.39 Å². The molecule has 1 saturated carbocycles. The summed E-state index contributed by atoms with van der Waals surface area (Å²) in [5, 5.41) is 3.14. The topological polar surface area (TPSA) is 15.3 Å². The molecule has 0 aliphatic heterocycles. The van der Waals surface area contributed by atoms with E-state index in [1.807, 2.05) is 26.1 Å². The summed E-state index contributed by atoms with van der Waals surface area (Å²) < 4.78 is 14.4. The number of rotatable bonds is 6. The highest BCUT2D eigenvalue weighted by molar-refractivity contribution is 5.50. The fourth-order valence-corrected chi connectivity index (χ4v) is 2.36. The van der Waals surface area contributed by atoms with Gasteiger partial charge in [-0.15, -0.1) is 0 Å². The van der Waals surface area contributed by atoms with Crippen molar-refractivity contribution in [2.75, 3.05) is 18.5 Å². The Kier molecular flexibility index (Phi) is 4.46. The van der Waals surface area contributed by atoms with Gasteiger partial charge in [-0.1, -0.05) is 6.07 Å². The Balaban J connectivity index is 2.21. The maximum atomic E-state index is 14.4. The maximum Gasteiger partial charge on any atom is 0.146 e. The molecule has 1 unspecified atom stereocenters. The van der Waals surface area contributed by atoms with Crippen molar-refractivity contribution in [3.63, 3.8) is 0 Å². The molecule has 1 fully saturated rings. The number of halogens is 1. The van der Waals surface area contributed by atoms with Crippen LogP contribution >= 0.6 is 0 Å². The van der Waals surface area contributed by atoms with Gasteiger partial charge < -0.3 is 10.2 Å². The molecule has 106 valence electrons. The van der Waals surface area contributed by atoms with Crippen molar-refractivity contribution in [1.29, 1.82) is 0 Å². The molecule has 0 heterocycles. The van der Waals surface area contributed by atoms with Crippen molar-refractivity contribution >= 4 is 5.69 Å². The summed E-state index contributed by atoms with van der Waals surface area (Å²) in [6.07, 6.45) is 2.58. The zero-order valence-electron chi connectivity index (χ0n) is 12.4. The highest BCUT2D eigenvalue weighted by atomic mass is 19.1. The van der Waals surface area contributed by atoms with Crippen LogP contribution in [0.4, 0.5) is 10.1 Å². The lowest BCUT2D eigenvalue weighted by molar-refractivity contribution is 0.580. The van der Waals surface area contributed by atoms with E-state index in [-0.39, 0.29) is 11.9 Å². The van der Waals surface area contributed by atoms with Crippen molar-refractivity contribution in [2.45, 2.75) is 45.7 Å². The number of anilines is 1. The van der Waals surface area contributed by atoms with Crippen molar-refractivity contribution in [2.24, 2.45) is 5.92 Å². The predicted octanol–water partition coefficient (Wildman–Crippen LogP) is 3.73. The van der Waals surface area contributed by atoms with Crippen LogP contribution in [0.1, 0.15) is 45.2 Å². The Morgan fingerprint density at radius 2 is 2.00 bits per heavy atom. The highest BCUT2D eigenvalue weighted by Crippen LogP contribution is 2.33. The van der Waals surface area contributed by atoms with Gasteiger partial charge in [0.25, 0.3) is 0 Å². The minimum Gasteiger partial charge on any atom is -0.366 e. The van der Waals surface area contributed by atoms with E-state index in [9.17, 15) is 4.39 Å². The van der Waals surface area contributed by atoms with Crippen LogP contribution < -0.4 is 10.2 Å². The molecule has 0 radical (unpaired) electrons. The van der Waals surface area contributed by atoms with Crippen LogP contribution in [0.3, 0.4) is 0 Å². The normalized spacial score (nSPS) is 16.7. The number of hydrogen-bond donors (Lipinski definition) is 1. The van der Waals surface area contributed by atoms with Gasteiger partial charge in [-0.05, 0) is 64.3 Å². The molecule has 0 bridgehead atoms. The van der Waals surface area contributed by atoms with Crippen LogP contribution in [-0.2, 0) is 0 Å². The summed E-state index contributed by atoms with van der Waals surface area (Å²) in [4.78, 5) is 2.20. The lowest BCUT2D eigenvalue weighted by atomic mass is 10.1. The van der Waals surface area contributed by atoms with Gasteiger partial charge in [0, 0.05) is 18.6 Å². The average molecular weight is 264 g/mol. The number of benzene rings is 1. The second-order valence-corrected chi connectivity index (χ2v) is 5.91. The Bertz CT molecular complexity index is 427. The Hall–Kier alpha value is -1.09. The summed E-state index contributed by atoms with van der Waals surface area (Å²) in [7, 11) is 1.89. The fourth-order valence-electron chi connectivity index (χ4n) is 2.36. The summed E-state index contributed by atoms with van der Waals surface area (Å²) in [6.45, 7) is 7.28. The molecule has 3 heteroatoms. The number of hydrogen-bond acceptors (Lipinski definition) is 2. The van der Waals surface area contributed by atoms with Crippen molar-refractivity contribution in [3.05, 3.63) is 29.6 Å². The first-order valence-corrected chi connectivity index (χ1v) is 7.26. The Morgan fingerprint density at radius 3 is 2.47 bits per heavy atom. The van der Waals surface area contributed by atoms with Crippen LogP contribution in [0.25, 0.3) is 0 Å².